The van der Waals surface area contributed by atoms with Crippen LogP contribution in [0.2, 0.25) is 0 Å². The monoisotopic (exact) mass is 337 g/mol. The normalized spacial score (nSPS) is 11.5. The maximum absolute atomic E-state index is 11.8. The van der Waals surface area contributed by atoms with Gasteiger partial charge in [-0.25, -0.2) is 0 Å². The van der Waals surface area contributed by atoms with Gasteiger partial charge in [0.1, 0.15) is 0 Å². The third-order valence-electron chi connectivity index (χ3n) is 2.71. The maximum Gasteiger partial charge on any atom is 0.310 e. The molecule has 0 aromatic carbocycles. The number of carbonyl (C=O) groups is 2. The van der Waals surface area contributed by atoms with Gasteiger partial charge in [-0.05, 0) is 6.42 Å². The molecule has 0 saturated carbocycles. The van der Waals surface area contributed by atoms with Crippen molar-refractivity contribution >= 4 is 24.6 Å². The van der Waals surface area contributed by atoms with Gasteiger partial charge in [0.05, 0.1) is 32.2 Å². The highest BCUT2D eigenvalue weighted by Crippen LogP contribution is 2.10. The summed E-state index contributed by atoms with van der Waals surface area (Å²) in [6.45, 7) is 2.24. The molecule has 8 nitrogen and oxygen atoms in total. The zero-order chi connectivity index (χ0) is 16.8. The van der Waals surface area contributed by atoms with E-state index in [4.69, 9.17) is 9.47 Å². The zero-order valence-corrected chi connectivity index (χ0v) is 13.6. The summed E-state index contributed by atoms with van der Waals surface area (Å²) < 4.78 is 9.94. The van der Waals surface area contributed by atoms with E-state index in [1.54, 1.807) is 0 Å². The molecule has 0 saturated heterocycles. The van der Waals surface area contributed by atoms with Gasteiger partial charge in [-0.1, -0.05) is 19.8 Å². The minimum absolute atomic E-state index is 0.00247. The van der Waals surface area contributed by atoms with E-state index in [1.165, 1.54) is 0 Å². The second-order valence-corrected chi connectivity index (χ2v) is 4.95. The third-order valence-corrected chi connectivity index (χ3v) is 3.15. The second-order valence-electron chi connectivity index (χ2n) is 4.59. The SMILES string of the molecule is CCCCCOC(=O)C(CS)CC(=O)OCCCO[N+](=O)[O-]. The smallest absolute Gasteiger partial charge is 0.310 e. The Labute approximate surface area is 135 Å². The van der Waals surface area contributed by atoms with Gasteiger partial charge in [-0.3, -0.25) is 9.59 Å². The number of rotatable bonds is 13. The van der Waals surface area contributed by atoms with Crippen LogP contribution >= 0.6 is 12.6 Å². The summed E-state index contributed by atoms with van der Waals surface area (Å²) in [4.78, 5) is 37.3. The highest BCUT2D eigenvalue weighted by atomic mass is 32.1. The number of carbonyl (C=O) groups excluding carboxylic acids is 2. The van der Waals surface area contributed by atoms with Crippen molar-refractivity contribution in [3.05, 3.63) is 10.1 Å². The molecule has 1 atom stereocenters. The lowest BCUT2D eigenvalue weighted by atomic mass is 10.1. The van der Waals surface area contributed by atoms with Crippen LogP contribution in [-0.2, 0) is 23.9 Å². The minimum Gasteiger partial charge on any atom is -0.466 e. The van der Waals surface area contributed by atoms with Crippen molar-refractivity contribution in [3.63, 3.8) is 0 Å². The molecule has 0 rings (SSSR count). The van der Waals surface area contributed by atoms with Gasteiger partial charge >= 0.3 is 11.9 Å². The van der Waals surface area contributed by atoms with Crippen molar-refractivity contribution in [2.24, 2.45) is 5.92 Å². The van der Waals surface area contributed by atoms with Crippen LogP contribution in [0.4, 0.5) is 0 Å². The first kappa shape index (κ1) is 20.5. The van der Waals surface area contributed by atoms with Gasteiger partial charge in [0, 0.05) is 12.2 Å². The Morgan fingerprint density at radius 3 is 2.41 bits per heavy atom. The highest BCUT2D eigenvalue weighted by molar-refractivity contribution is 7.80. The van der Waals surface area contributed by atoms with Gasteiger partial charge in [-0.15, -0.1) is 10.1 Å². The van der Waals surface area contributed by atoms with Gasteiger partial charge in [0.25, 0.3) is 5.09 Å². The quantitative estimate of drug-likeness (QED) is 0.180. The molecule has 0 heterocycles. The Bertz CT molecular complexity index is 351. The van der Waals surface area contributed by atoms with Crippen LogP contribution in [-0.4, -0.2) is 42.6 Å². The molecule has 0 aliphatic carbocycles. The van der Waals surface area contributed by atoms with Crippen LogP contribution in [0, 0.1) is 16.0 Å². The fraction of sp³-hybridized carbons (Fsp3) is 0.846. The zero-order valence-electron chi connectivity index (χ0n) is 12.7. The topological polar surface area (TPSA) is 105 Å². The summed E-state index contributed by atoms with van der Waals surface area (Å²) in [5, 5.41) is 8.99. The Balaban J connectivity index is 3.87. The van der Waals surface area contributed by atoms with Crippen molar-refractivity contribution < 1.29 is 29.0 Å². The van der Waals surface area contributed by atoms with E-state index in [0.29, 0.717) is 6.61 Å². The summed E-state index contributed by atoms with van der Waals surface area (Å²) in [5.41, 5.74) is 0. The molecule has 0 aliphatic rings. The number of thiol groups is 1. The summed E-state index contributed by atoms with van der Waals surface area (Å²) in [6, 6.07) is 0. The van der Waals surface area contributed by atoms with Crippen LogP contribution < -0.4 is 0 Å². The van der Waals surface area contributed by atoms with E-state index in [0.717, 1.165) is 19.3 Å². The number of nitrogens with zero attached hydrogens (tertiary/aromatic N) is 1. The molecular weight excluding hydrogens is 314 g/mol. The first-order valence-electron chi connectivity index (χ1n) is 7.21. The number of unbranched alkanes of at least 4 members (excludes halogenated alkanes) is 2. The molecule has 9 heteroatoms. The fourth-order valence-electron chi connectivity index (χ4n) is 1.51. The van der Waals surface area contributed by atoms with E-state index >= 15 is 0 Å². The molecule has 0 spiro atoms. The Morgan fingerprint density at radius 2 is 1.82 bits per heavy atom. The van der Waals surface area contributed by atoms with E-state index in [2.05, 4.69) is 17.5 Å². The van der Waals surface area contributed by atoms with Crippen molar-refractivity contribution in [2.75, 3.05) is 25.6 Å². The summed E-state index contributed by atoms with van der Waals surface area (Å²) in [7, 11) is 0. The third kappa shape index (κ3) is 11.2. The van der Waals surface area contributed by atoms with Gasteiger partial charge in [0.2, 0.25) is 0 Å². The first-order valence-corrected chi connectivity index (χ1v) is 7.84. The lowest BCUT2D eigenvalue weighted by molar-refractivity contribution is -0.757. The number of ether oxygens (including phenoxy) is 2. The highest BCUT2D eigenvalue weighted by Gasteiger charge is 2.22. The molecule has 0 bridgehead atoms. The molecule has 1 unspecified atom stereocenters. The first-order chi connectivity index (χ1) is 10.5. The summed E-state index contributed by atoms with van der Waals surface area (Å²) in [6.07, 6.45) is 2.89. The van der Waals surface area contributed by atoms with Crippen molar-refractivity contribution in [1.82, 2.24) is 0 Å². The van der Waals surface area contributed by atoms with Crippen molar-refractivity contribution in [2.45, 2.75) is 39.0 Å². The predicted molar refractivity (Wildman–Crippen MR) is 81.0 cm³/mol. The van der Waals surface area contributed by atoms with Crippen LogP contribution in [0.25, 0.3) is 0 Å². The van der Waals surface area contributed by atoms with Gasteiger partial charge < -0.3 is 14.3 Å². The Morgan fingerprint density at radius 1 is 1.14 bits per heavy atom. The molecule has 0 amide bonds. The van der Waals surface area contributed by atoms with Crippen molar-refractivity contribution in [3.8, 4) is 0 Å². The summed E-state index contributed by atoms with van der Waals surface area (Å²) in [5.74, 6) is -1.48. The van der Waals surface area contributed by atoms with Crippen LogP contribution in [0.15, 0.2) is 0 Å². The van der Waals surface area contributed by atoms with Gasteiger partial charge in [-0.2, -0.15) is 12.6 Å². The van der Waals surface area contributed by atoms with Crippen molar-refractivity contribution in [1.29, 1.82) is 0 Å². The van der Waals surface area contributed by atoms with Crippen LogP contribution in [0.1, 0.15) is 39.0 Å². The Hall–Kier alpha value is -1.51. The van der Waals surface area contributed by atoms with Crippen LogP contribution in [0.3, 0.4) is 0 Å². The average molecular weight is 337 g/mol. The molecule has 22 heavy (non-hydrogen) atoms. The Kier molecular flexibility index (Phi) is 12.3. The molecule has 0 radical (unpaired) electrons. The molecule has 0 aromatic rings. The largest absolute Gasteiger partial charge is 0.466 e. The molecule has 0 aromatic heterocycles. The summed E-state index contributed by atoms with van der Waals surface area (Å²) >= 11 is 4.04. The fourth-order valence-corrected chi connectivity index (χ4v) is 1.79. The number of hydrogen-bond acceptors (Lipinski definition) is 8. The van der Waals surface area contributed by atoms with Crippen LogP contribution in [0.5, 0.6) is 0 Å². The standard InChI is InChI=1S/C13H23NO7S/c1-2-3-4-6-20-13(16)11(10-22)9-12(15)19-7-5-8-21-14(17)18/h11,22H,2-10H2,1H3. The minimum atomic E-state index is -0.909. The molecule has 0 fully saturated rings. The van der Waals surface area contributed by atoms with Gasteiger partial charge in [0.15, 0.2) is 0 Å². The van der Waals surface area contributed by atoms with E-state index in [9.17, 15) is 19.7 Å². The average Bonchev–Trinajstić information content (AvgIpc) is 2.48. The predicted octanol–water partition coefficient (Wildman–Crippen LogP) is 1.80. The van der Waals surface area contributed by atoms with E-state index in [-0.39, 0.29) is 31.8 Å². The maximum atomic E-state index is 11.8. The van der Waals surface area contributed by atoms with E-state index < -0.39 is 22.9 Å². The second kappa shape index (κ2) is 13.2. The molecule has 128 valence electrons. The van der Waals surface area contributed by atoms with E-state index in [1.807, 2.05) is 6.92 Å². The molecule has 0 N–H and O–H groups in total. The molecular formula is C13H23NO7S. The number of hydrogen-bond donors (Lipinski definition) is 1. The molecule has 0 aliphatic heterocycles. The lowest BCUT2D eigenvalue weighted by Gasteiger charge is -2.13. The lowest BCUT2D eigenvalue weighted by Crippen LogP contribution is -2.24. The number of esters is 2.